The molecule has 0 aliphatic heterocycles. The number of benzene rings is 1. The highest BCUT2D eigenvalue weighted by Gasteiger charge is 2.38. The van der Waals surface area contributed by atoms with Crippen molar-refractivity contribution >= 4 is 8.32 Å². The molecule has 0 spiro atoms. The summed E-state index contributed by atoms with van der Waals surface area (Å²) in [7, 11) is -1.82. The molecule has 148 valence electrons. The average Bonchev–Trinajstić information content (AvgIpc) is 2.60. The smallest absolute Gasteiger partial charge is 0.192 e. The molecule has 0 aromatic heterocycles. The fourth-order valence-electron chi connectivity index (χ4n) is 2.45. The van der Waals surface area contributed by atoms with Crippen molar-refractivity contribution in [1.29, 1.82) is 0 Å². The van der Waals surface area contributed by atoms with Gasteiger partial charge in [-0.15, -0.1) is 11.8 Å². The second-order valence-electron chi connectivity index (χ2n) is 8.74. The van der Waals surface area contributed by atoms with E-state index in [4.69, 9.17) is 4.43 Å². The molecule has 0 unspecified atom stereocenters. The molecule has 0 amide bonds. The zero-order valence-corrected chi connectivity index (χ0v) is 19.3. The molecule has 1 nitrogen and oxygen atoms in total. The topological polar surface area (TPSA) is 9.23 Å². The lowest BCUT2D eigenvalue weighted by atomic mass is 10.1. The van der Waals surface area contributed by atoms with Crippen LogP contribution in [-0.4, -0.2) is 14.4 Å². The van der Waals surface area contributed by atoms with Gasteiger partial charge in [0.1, 0.15) is 0 Å². The fraction of sp³-hybridized carbons (Fsp3) is 0.600. The second kappa shape index (κ2) is 12.1. The maximum Gasteiger partial charge on any atom is 0.192 e. The predicted molar refractivity (Wildman–Crippen MR) is 121 cm³/mol. The van der Waals surface area contributed by atoms with Crippen LogP contribution in [0.2, 0.25) is 18.1 Å². The van der Waals surface area contributed by atoms with Crippen LogP contribution in [0.3, 0.4) is 0 Å². The monoisotopic (exact) mass is 382 g/mol. The van der Waals surface area contributed by atoms with Crippen molar-refractivity contribution in [2.24, 2.45) is 0 Å². The molecule has 0 N–H and O–H groups in total. The molecular formula is C25H38OSi. The van der Waals surface area contributed by atoms with Gasteiger partial charge in [-0.3, -0.25) is 0 Å². The zero-order valence-electron chi connectivity index (χ0n) is 18.3. The maximum absolute atomic E-state index is 6.62. The number of hydrogen-bond donors (Lipinski definition) is 0. The standard InChI is InChI=1S/C25H38OSi/c1-7-8-9-10-11-12-16-21-24(26-27(5,6)25(2,3)4)22-17-20-23-18-14-13-15-19-23/h13-15,18-19,24H,7-11,21-22H2,1-6H3/t24-/m0/s1. The van der Waals surface area contributed by atoms with Gasteiger partial charge in [-0.25, -0.2) is 0 Å². The molecule has 1 aromatic rings. The molecule has 0 bridgehead atoms. The van der Waals surface area contributed by atoms with Gasteiger partial charge < -0.3 is 4.43 Å². The number of rotatable bonds is 8. The number of unbranched alkanes of at least 4 members (excludes halogenated alkanes) is 4. The van der Waals surface area contributed by atoms with Gasteiger partial charge in [0.05, 0.1) is 6.10 Å². The molecule has 0 radical (unpaired) electrons. The minimum atomic E-state index is -1.82. The molecule has 0 aliphatic carbocycles. The van der Waals surface area contributed by atoms with Crippen LogP contribution in [-0.2, 0) is 4.43 Å². The Bertz CT molecular complexity index is 647. The summed E-state index contributed by atoms with van der Waals surface area (Å²) in [6, 6.07) is 10.2. The average molecular weight is 383 g/mol. The third kappa shape index (κ3) is 9.85. The van der Waals surface area contributed by atoms with E-state index < -0.39 is 8.32 Å². The van der Waals surface area contributed by atoms with Gasteiger partial charge in [-0.05, 0) is 36.7 Å². The van der Waals surface area contributed by atoms with Crippen molar-refractivity contribution in [3.8, 4) is 23.7 Å². The van der Waals surface area contributed by atoms with Crippen LogP contribution in [0.15, 0.2) is 30.3 Å². The molecule has 1 aromatic carbocycles. The van der Waals surface area contributed by atoms with E-state index in [9.17, 15) is 0 Å². The molecule has 2 heteroatoms. The number of hydrogen-bond acceptors (Lipinski definition) is 1. The first-order chi connectivity index (χ1) is 12.8. The molecule has 0 heterocycles. The lowest BCUT2D eigenvalue weighted by Gasteiger charge is -2.38. The van der Waals surface area contributed by atoms with E-state index in [-0.39, 0.29) is 11.1 Å². The van der Waals surface area contributed by atoms with Crippen LogP contribution in [0, 0.1) is 23.7 Å². The summed E-state index contributed by atoms with van der Waals surface area (Å²) in [4.78, 5) is 0. The molecule has 0 saturated carbocycles. The zero-order chi connectivity index (χ0) is 20.2. The van der Waals surface area contributed by atoms with Crippen LogP contribution in [0.25, 0.3) is 0 Å². The summed E-state index contributed by atoms with van der Waals surface area (Å²) in [5.41, 5.74) is 1.06. The lowest BCUT2D eigenvalue weighted by Crippen LogP contribution is -2.43. The van der Waals surface area contributed by atoms with E-state index in [1.54, 1.807) is 0 Å². The van der Waals surface area contributed by atoms with Crippen molar-refractivity contribution in [2.75, 3.05) is 0 Å². The van der Waals surface area contributed by atoms with Crippen LogP contribution < -0.4 is 0 Å². The third-order valence-electron chi connectivity index (χ3n) is 5.21. The summed E-state index contributed by atoms with van der Waals surface area (Å²) in [6.07, 6.45) is 7.72. The van der Waals surface area contributed by atoms with Crippen LogP contribution in [0.4, 0.5) is 0 Å². The Kier molecular flexibility index (Phi) is 10.5. The van der Waals surface area contributed by atoms with E-state index in [1.165, 1.54) is 25.7 Å². The fourth-order valence-corrected chi connectivity index (χ4v) is 3.81. The molecular weight excluding hydrogens is 344 g/mol. The Morgan fingerprint density at radius 1 is 0.926 bits per heavy atom. The summed E-state index contributed by atoms with van der Waals surface area (Å²) >= 11 is 0. The highest BCUT2D eigenvalue weighted by Crippen LogP contribution is 2.37. The molecule has 0 aliphatic rings. The van der Waals surface area contributed by atoms with Crippen molar-refractivity contribution < 1.29 is 4.43 Å². The normalized spacial score (nSPS) is 12.5. The van der Waals surface area contributed by atoms with Crippen molar-refractivity contribution in [1.82, 2.24) is 0 Å². The SMILES string of the molecule is CCCCCCC#CC[C@@H](CC#Cc1ccccc1)O[Si](C)(C)C(C)(C)C. The van der Waals surface area contributed by atoms with Crippen molar-refractivity contribution in [3.63, 3.8) is 0 Å². The molecule has 27 heavy (non-hydrogen) atoms. The van der Waals surface area contributed by atoms with Crippen LogP contribution in [0.5, 0.6) is 0 Å². The summed E-state index contributed by atoms with van der Waals surface area (Å²) < 4.78 is 6.62. The van der Waals surface area contributed by atoms with E-state index >= 15 is 0 Å². The van der Waals surface area contributed by atoms with Gasteiger partial charge >= 0.3 is 0 Å². The summed E-state index contributed by atoms with van der Waals surface area (Å²) in [5.74, 6) is 13.3. The quantitative estimate of drug-likeness (QED) is 0.263. The van der Waals surface area contributed by atoms with Gasteiger partial charge in [0.25, 0.3) is 0 Å². The van der Waals surface area contributed by atoms with Gasteiger partial charge in [-0.1, -0.05) is 77.0 Å². The maximum atomic E-state index is 6.62. The lowest BCUT2D eigenvalue weighted by molar-refractivity contribution is 0.191. The van der Waals surface area contributed by atoms with E-state index in [0.29, 0.717) is 0 Å². The first-order valence-corrected chi connectivity index (χ1v) is 13.3. The summed E-state index contributed by atoms with van der Waals surface area (Å²) in [6.45, 7) is 13.7. The first-order valence-electron chi connectivity index (χ1n) is 10.4. The first kappa shape index (κ1) is 23.6. The molecule has 1 atom stereocenters. The molecule has 0 fully saturated rings. The summed E-state index contributed by atoms with van der Waals surface area (Å²) in [5, 5.41) is 0.200. The third-order valence-corrected chi connectivity index (χ3v) is 9.75. The second-order valence-corrected chi connectivity index (χ2v) is 13.5. The van der Waals surface area contributed by atoms with Crippen molar-refractivity contribution in [3.05, 3.63) is 35.9 Å². The Morgan fingerprint density at radius 2 is 1.59 bits per heavy atom. The predicted octanol–water partition coefficient (Wildman–Crippen LogP) is 7.18. The largest absolute Gasteiger partial charge is 0.412 e. The van der Waals surface area contributed by atoms with Gasteiger partial charge in [0.2, 0.25) is 0 Å². The van der Waals surface area contributed by atoms with Gasteiger partial charge in [-0.2, -0.15) is 0 Å². The Balaban J connectivity index is 2.69. The highest BCUT2D eigenvalue weighted by molar-refractivity contribution is 6.74. The minimum absolute atomic E-state index is 0.102. The van der Waals surface area contributed by atoms with E-state index in [0.717, 1.165) is 24.8 Å². The van der Waals surface area contributed by atoms with Crippen LogP contribution in [0.1, 0.15) is 78.2 Å². The Labute approximate surface area is 169 Å². The molecule has 1 rings (SSSR count). The van der Waals surface area contributed by atoms with Crippen LogP contribution >= 0.6 is 0 Å². The minimum Gasteiger partial charge on any atom is -0.412 e. The van der Waals surface area contributed by atoms with Gasteiger partial charge in [0, 0.05) is 24.8 Å². The highest BCUT2D eigenvalue weighted by atomic mass is 28.4. The Hall–Kier alpha value is -1.48. The van der Waals surface area contributed by atoms with Crippen molar-refractivity contribution in [2.45, 2.75) is 96.9 Å². The molecule has 0 saturated heterocycles. The van der Waals surface area contributed by atoms with E-state index in [2.05, 4.69) is 64.5 Å². The van der Waals surface area contributed by atoms with E-state index in [1.807, 2.05) is 30.3 Å². The Morgan fingerprint density at radius 3 is 2.22 bits per heavy atom. The van der Waals surface area contributed by atoms with Gasteiger partial charge in [0.15, 0.2) is 8.32 Å².